The number of benzene rings is 12. The van der Waals surface area contributed by atoms with E-state index in [0.29, 0.717) is 0 Å². The molecule has 3 aliphatic rings. The first kappa shape index (κ1) is 43.4. The van der Waals surface area contributed by atoms with Crippen molar-refractivity contribution in [3.63, 3.8) is 0 Å². The fourth-order valence-electron chi connectivity index (χ4n) is 14.3. The molecule has 0 fully saturated rings. The molecule has 4 heteroatoms. The molecule has 2 heterocycles. The molecule has 12 aromatic carbocycles. The lowest BCUT2D eigenvalue weighted by Crippen LogP contribution is -2.25. The number of hydrogen-bond acceptors (Lipinski definition) is 4. The molecule has 0 N–H and O–H groups in total. The topological polar surface area (TPSA) is 32.8 Å². The molecule has 78 heavy (non-hydrogen) atoms. The van der Waals surface area contributed by atoms with Gasteiger partial charge in [0.25, 0.3) is 0 Å². The van der Waals surface area contributed by atoms with Crippen LogP contribution in [0.4, 0.5) is 34.1 Å². The number of para-hydroxylation sites is 3. The van der Waals surface area contributed by atoms with Crippen LogP contribution in [0.15, 0.2) is 264 Å². The van der Waals surface area contributed by atoms with Gasteiger partial charge >= 0.3 is 0 Å². The van der Waals surface area contributed by atoms with Gasteiger partial charge in [0, 0.05) is 44.3 Å². The van der Waals surface area contributed by atoms with E-state index in [4.69, 9.17) is 8.83 Å². The fourth-order valence-corrected chi connectivity index (χ4v) is 14.3. The lowest BCUT2D eigenvalue weighted by Gasteiger charge is -2.32. The number of fused-ring (bicyclic) bond motifs is 21. The van der Waals surface area contributed by atoms with Crippen LogP contribution < -0.4 is 9.80 Å². The Labute approximate surface area is 451 Å². The van der Waals surface area contributed by atoms with Crippen LogP contribution in [0.25, 0.3) is 88.0 Å². The van der Waals surface area contributed by atoms with E-state index in [9.17, 15) is 0 Å². The minimum absolute atomic E-state index is 0.206. The predicted octanol–water partition coefficient (Wildman–Crippen LogP) is 20.2. The average molecular weight is 997 g/mol. The molecule has 0 bridgehead atoms. The Morgan fingerprint density at radius 1 is 0.308 bits per heavy atom. The van der Waals surface area contributed by atoms with Gasteiger partial charge in [-0.1, -0.05) is 196 Å². The van der Waals surface area contributed by atoms with E-state index in [2.05, 4.69) is 278 Å². The van der Waals surface area contributed by atoms with E-state index >= 15 is 0 Å². The Morgan fingerprint density at radius 2 is 0.821 bits per heavy atom. The fraction of sp³-hybridized carbons (Fsp3) is 0.0541. The Hall–Kier alpha value is -9.90. The molecule has 17 rings (SSSR count). The molecule has 0 saturated carbocycles. The van der Waals surface area contributed by atoms with Crippen LogP contribution in [0.2, 0.25) is 0 Å². The predicted molar refractivity (Wildman–Crippen MR) is 322 cm³/mol. The summed E-state index contributed by atoms with van der Waals surface area (Å²) in [7, 11) is 0. The van der Waals surface area contributed by atoms with Gasteiger partial charge in [-0.15, -0.1) is 0 Å². The third-order valence-electron chi connectivity index (χ3n) is 17.6. The molecule has 0 atom stereocenters. The SMILES string of the molecule is CC1(C)c2ccccc2-c2ccc(N(c3cccc(N(c4ccc5c(c4)-c4c(ccc6ccccc46)C54c5ccccc5-c5ccccc54)c4cccc5oc6ccccc6c45)c3)c3cccc4c3oc3ccccc34)cc21. The van der Waals surface area contributed by atoms with E-state index in [1.165, 1.54) is 77.5 Å². The molecule has 0 saturated heterocycles. The van der Waals surface area contributed by atoms with Gasteiger partial charge in [0.2, 0.25) is 0 Å². The Morgan fingerprint density at radius 3 is 1.60 bits per heavy atom. The summed E-state index contributed by atoms with van der Waals surface area (Å²) in [6.45, 7) is 4.71. The van der Waals surface area contributed by atoms with Crippen LogP contribution in [-0.4, -0.2) is 0 Å². The number of nitrogens with zero attached hydrogens (tertiary/aromatic N) is 2. The molecular formula is C74H48N2O2. The summed E-state index contributed by atoms with van der Waals surface area (Å²) < 4.78 is 13.6. The van der Waals surface area contributed by atoms with E-state index < -0.39 is 5.41 Å². The maximum atomic E-state index is 6.91. The van der Waals surface area contributed by atoms with Gasteiger partial charge < -0.3 is 18.6 Å². The van der Waals surface area contributed by atoms with Gasteiger partial charge in [-0.2, -0.15) is 0 Å². The average Bonchev–Trinajstić information content (AvgIpc) is 4.46. The zero-order chi connectivity index (χ0) is 51.4. The maximum Gasteiger partial charge on any atom is 0.159 e. The lowest BCUT2D eigenvalue weighted by molar-refractivity contribution is 0.660. The second kappa shape index (κ2) is 15.8. The molecule has 0 radical (unpaired) electrons. The van der Waals surface area contributed by atoms with E-state index in [1.54, 1.807) is 0 Å². The minimum Gasteiger partial charge on any atom is -0.456 e. The highest BCUT2D eigenvalue weighted by molar-refractivity contribution is 6.15. The third kappa shape index (κ3) is 5.73. The standard InChI is InChI=1S/C74H48N2O2/c1-73(2)59-28-10-5-22-51(59)54-39-37-49(44-64(54)73)76(66-32-16-27-56-55-25-8-13-33-67(55)78-72(56)66)47-20-15-19-46(42-47)75(65-31-17-35-69-71(65)57-26-9-14-34-68(57)77-69)48-38-41-62-58(43-48)70-50-21-4-3-18-45(50)36-40-63(70)74(62)60-29-11-6-23-52(60)53-24-7-12-30-61(53)74/h3-44H,1-2H3. The first-order valence-corrected chi connectivity index (χ1v) is 27.1. The molecule has 4 nitrogen and oxygen atoms in total. The Bertz CT molecular complexity index is 4830. The van der Waals surface area contributed by atoms with Crippen LogP contribution in [0.5, 0.6) is 0 Å². The molecule has 0 amide bonds. The van der Waals surface area contributed by atoms with E-state index in [1.807, 2.05) is 0 Å². The molecule has 3 aliphatic carbocycles. The molecule has 1 spiro atoms. The van der Waals surface area contributed by atoms with Crippen molar-refractivity contribution in [2.24, 2.45) is 0 Å². The van der Waals surface area contributed by atoms with Gasteiger partial charge in [0.15, 0.2) is 5.58 Å². The van der Waals surface area contributed by atoms with Crippen molar-refractivity contribution in [1.29, 1.82) is 0 Å². The van der Waals surface area contributed by atoms with Crippen LogP contribution >= 0.6 is 0 Å². The van der Waals surface area contributed by atoms with Crippen LogP contribution in [-0.2, 0) is 10.8 Å². The van der Waals surface area contributed by atoms with Crippen molar-refractivity contribution in [3.05, 3.63) is 288 Å². The lowest BCUT2D eigenvalue weighted by atomic mass is 9.70. The van der Waals surface area contributed by atoms with Gasteiger partial charge in [-0.05, 0) is 150 Å². The van der Waals surface area contributed by atoms with Gasteiger partial charge in [-0.3, -0.25) is 0 Å². The van der Waals surface area contributed by atoms with Crippen molar-refractivity contribution < 1.29 is 8.83 Å². The Kier molecular flexibility index (Phi) is 8.80. The monoisotopic (exact) mass is 996 g/mol. The smallest absolute Gasteiger partial charge is 0.159 e. The second-order valence-electron chi connectivity index (χ2n) is 21.9. The summed E-state index contributed by atoms with van der Waals surface area (Å²) in [5, 5.41) is 6.78. The number of furan rings is 2. The highest BCUT2D eigenvalue weighted by Crippen LogP contribution is 2.64. The summed E-state index contributed by atoms with van der Waals surface area (Å²) in [6, 6.07) is 93.8. The summed E-state index contributed by atoms with van der Waals surface area (Å²) >= 11 is 0. The van der Waals surface area contributed by atoms with Gasteiger partial charge in [0.05, 0.1) is 22.2 Å². The van der Waals surface area contributed by atoms with Crippen LogP contribution in [0.1, 0.15) is 47.2 Å². The van der Waals surface area contributed by atoms with E-state index in [-0.39, 0.29) is 5.41 Å². The molecular weight excluding hydrogens is 949 g/mol. The molecule has 2 aromatic heterocycles. The normalized spacial score (nSPS) is 14.0. The summed E-state index contributed by atoms with van der Waals surface area (Å²) in [5.74, 6) is 0. The second-order valence-corrected chi connectivity index (χ2v) is 21.9. The largest absolute Gasteiger partial charge is 0.456 e. The highest BCUT2D eigenvalue weighted by Gasteiger charge is 2.52. The van der Waals surface area contributed by atoms with Crippen molar-refractivity contribution in [1.82, 2.24) is 0 Å². The number of hydrogen-bond donors (Lipinski definition) is 0. The third-order valence-corrected chi connectivity index (χ3v) is 17.6. The van der Waals surface area contributed by atoms with Crippen molar-refractivity contribution >= 4 is 88.8 Å². The molecule has 366 valence electrons. The van der Waals surface area contributed by atoms with Gasteiger partial charge in [0.1, 0.15) is 16.7 Å². The van der Waals surface area contributed by atoms with Crippen LogP contribution in [0, 0.1) is 0 Å². The zero-order valence-electron chi connectivity index (χ0n) is 43.0. The van der Waals surface area contributed by atoms with Gasteiger partial charge in [-0.25, -0.2) is 0 Å². The minimum atomic E-state index is -0.504. The summed E-state index contributed by atoms with van der Waals surface area (Å²) in [5.41, 5.74) is 24.4. The number of anilines is 6. The van der Waals surface area contributed by atoms with Crippen molar-refractivity contribution in [2.45, 2.75) is 24.7 Å². The zero-order valence-corrected chi connectivity index (χ0v) is 43.0. The summed E-state index contributed by atoms with van der Waals surface area (Å²) in [4.78, 5) is 4.87. The van der Waals surface area contributed by atoms with Crippen LogP contribution in [0.3, 0.4) is 0 Å². The first-order valence-electron chi connectivity index (χ1n) is 27.1. The molecule has 0 unspecified atom stereocenters. The maximum absolute atomic E-state index is 6.91. The molecule has 14 aromatic rings. The van der Waals surface area contributed by atoms with E-state index in [0.717, 1.165) is 78.0 Å². The first-order chi connectivity index (χ1) is 38.4. The quantitative estimate of drug-likeness (QED) is 0.166. The Balaban J connectivity index is 0.932. The van der Waals surface area contributed by atoms with Crippen molar-refractivity contribution in [3.8, 4) is 33.4 Å². The van der Waals surface area contributed by atoms with Crippen molar-refractivity contribution in [2.75, 3.05) is 9.80 Å². The summed E-state index contributed by atoms with van der Waals surface area (Å²) in [6.07, 6.45) is 0. The number of rotatable bonds is 6. The highest BCUT2D eigenvalue weighted by atomic mass is 16.3. The molecule has 0 aliphatic heterocycles.